The zero-order chi connectivity index (χ0) is 12.8. The minimum Gasteiger partial charge on any atom is -0.306 e. The highest BCUT2D eigenvalue weighted by Crippen LogP contribution is 2.46. The Kier molecular flexibility index (Phi) is 2.63. The van der Waals surface area contributed by atoms with E-state index in [2.05, 4.69) is 54.4 Å². The van der Waals surface area contributed by atoms with E-state index < -0.39 is 0 Å². The highest BCUT2D eigenvalue weighted by atomic mass is 15.1. The van der Waals surface area contributed by atoms with Crippen molar-refractivity contribution in [1.82, 2.24) is 4.90 Å². The number of nitrogens with zero attached hydrogens (tertiary/aromatic N) is 1. The molecule has 1 aliphatic carbocycles. The summed E-state index contributed by atoms with van der Waals surface area (Å²) in [5, 5.41) is 2.76. The van der Waals surface area contributed by atoms with Crippen molar-refractivity contribution in [2.24, 2.45) is 11.8 Å². The van der Waals surface area contributed by atoms with Crippen molar-refractivity contribution in [1.29, 1.82) is 0 Å². The molecule has 1 saturated carbocycles. The summed E-state index contributed by atoms with van der Waals surface area (Å²) in [6, 6.07) is 15.8. The molecule has 1 aliphatic heterocycles. The summed E-state index contributed by atoms with van der Waals surface area (Å²) in [7, 11) is 2.27. The third-order valence-corrected chi connectivity index (χ3v) is 5.18. The average Bonchev–Trinajstić information content (AvgIpc) is 2.95. The van der Waals surface area contributed by atoms with E-state index in [4.69, 9.17) is 0 Å². The number of likely N-dealkylation sites (tertiary alicyclic amines) is 1. The molecule has 1 heteroatoms. The monoisotopic (exact) mass is 251 g/mol. The van der Waals surface area contributed by atoms with E-state index in [0.717, 1.165) is 17.8 Å². The van der Waals surface area contributed by atoms with Gasteiger partial charge in [-0.3, -0.25) is 0 Å². The Hall–Kier alpha value is -1.34. The maximum atomic E-state index is 2.51. The van der Waals surface area contributed by atoms with E-state index in [-0.39, 0.29) is 0 Å². The molecule has 2 fully saturated rings. The van der Waals surface area contributed by atoms with Gasteiger partial charge in [-0.1, -0.05) is 42.5 Å². The van der Waals surface area contributed by atoms with Crippen LogP contribution in [0.2, 0.25) is 0 Å². The number of benzene rings is 2. The molecule has 0 spiro atoms. The van der Waals surface area contributed by atoms with Gasteiger partial charge in [-0.15, -0.1) is 0 Å². The van der Waals surface area contributed by atoms with E-state index in [1.165, 1.54) is 36.7 Å². The lowest BCUT2D eigenvalue weighted by Crippen LogP contribution is -2.16. The number of rotatable bonds is 1. The molecule has 2 atom stereocenters. The Balaban J connectivity index is 1.62. The van der Waals surface area contributed by atoms with Gasteiger partial charge in [0, 0.05) is 13.1 Å². The van der Waals surface area contributed by atoms with Crippen LogP contribution < -0.4 is 0 Å². The largest absolute Gasteiger partial charge is 0.306 e. The van der Waals surface area contributed by atoms with Crippen molar-refractivity contribution in [3.05, 3.63) is 48.0 Å². The van der Waals surface area contributed by atoms with Gasteiger partial charge in [0.15, 0.2) is 0 Å². The fourth-order valence-corrected chi connectivity index (χ4v) is 4.27. The smallest absolute Gasteiger partial charge is 0.00101 e. The Morgan fingerprint density at radius 2 is 1.58 bits per heavy atom. The molecule has 0 aromatic heterocycles. The number of hydrogen-bond acceptors (Lipinski definition) is 1. The minimum atomic E-state index is 0.799. The molecule has 0 amide bonds. The highest BCUT2D eigenvalue weighted by molar-refractivity contribution is 5.83. The summed E-state index contributed by atoms with van der Waals surface area (Å²) >= 11 is 0. The van der Waals surface area contributed by atoms with Crippen LogP contribution in [0.1, 0.15) is 24.3 Å². The van der Waals surface area contributed by atoms with Crippen molar-refractivity contribution >= 4 is 10.8 Å². The lowest BCUT2D eigenvalue weighted by molar-refractivity contribution is 0.371. The van der Waals surface area contributed by atoms with Gasteiger partial charge in [-0.05, 0) is 54.0 Å². The molecule has 1 heterocycles. The van der Waals surface area contributed by atoms with Gasteiger partial charge < -0.3 is 4.90 Å². The van der Waals surface area contributed by atoms with Crippen molar-refractivity contribution < 1.29 is 0 Å². The Morgan fingerprint density at radius 3 is 2.32 bits per heavy atom. The first-order valence-corrected chi connectivity index (χ1v) is 7.47. The molecule has 19 heavy (non-hydrogen) atoms. The molecule has 0 N–H and O–H groups in total. The number of hydrogen-bond donors (Lipinski definition) is 0. The first-order chi connectivity index (χ1) is 9.29. The second-order valence-electron chi connectivity index (χ2n) is 6.52. The van der Waals surface area contributed by atoms with Crippen LogP contribution in [-0.4, -0.2) is 25.0 Å². The zero-order valence-corrected chi connectivity index (χ0v) is 11.5. The van der Waals surface area contributed by atoms with Gasteiger partial charge in [0.2, 0.25) is 0 Å². The maximum absolute atomic E-state index is 2.51. The molecule has 1 saturated heterocycles. The van der Waals surface area contributed by atoms with Gasteiger partial charge in [0.25, 0.3) is 0 Å². The van der Waals surface area contributed by atoms with Crippen molar-refractivity contribution in [2.75, 3.05) is 20.1 Å². The highest BCUT2D eigenvalue weighted by Gasteiger charge is 2.39. The SMILES string of the molecule is CN1CC2CC(c3ccc4ccccc4c3)CC2C1. The third-order valence-electron chi connectivity index (χ3n) is 5.18. The van der Waals surface area contributed by atoms with E-state index >= 15 is 0 Å². The molecule has 2 aromatic carbocycles. The summed E-state index contributed by atoms with van der Waals surface area (Å²) in [6.45, 7) is 2.63. The first-order valence-electron chi connectivity index (χ1n) is 7.47. The lowest BCUT2D eigenvalue weighted by atomic mass is 9.93. The van der Waals surface area contributed by atoms with Gasteiger partial charge >= 0.3 is 0 Å². The molecule has 0 bridgehead atoms. The molecule has 4 rings (SSSR count). The van der Waals surface area contributed by atoms with Crippen LogP contribution in [-0.2, 0) is 0 Å². The van der Waals surface area contributed by atoms with Gasteiger partial charge in [0.05, 0.1) is 0 Å². The standard InChI is InChI=1S/C18H21N/c1-19-11-17-9-16(10-18(17)12-19)15-7-6-13-4-2-3-5-14(13)8-15/h2-8,16-18H,9-12H2,1H3. The van der Waals surface area contributed by atoms with Crippen molar-refractivity contribution in [2.45, 2.75) is 18.8 Å². The predicted molar refractivity (Wildman–Crippen MR) is 80.4 cm³/mol. The number of fused-ring (bicyclic) bond motifs is 2. The lowest BCUT2D eigenvalue weighted by Gasteiger charge is -2.15. The van der Waals surface area contributed by atoms with Crippen LogP contribution in [0, 0.1) is 11.8 Å². The summed E-state index contributed by atoms with van der Waals surface area (Å²) in [5.41, 5.74) is 1.57. The van der Waals surface area contributed by atoms with Crippen LogP contribution in [0.25, 0.3) is 10.8 Å². The Morgan fingerprint density at radius 1 is 0.895 bits per heavy atom. The van der Waals surface area contributed by atoms with E-state index in [1.54, 1.807) is 5.56 Å². The summed E-state index contributed by atoms with van der Waals surface area (Å²) in [5.74, 6) is 2.69. The fourth-order valence-electron chi connectivity index (χ4n) is 4.27. The topological polar surface area (TPSA) is 3.24 Å². The Bertz CT molecular complexity index is 589. The quantitative estimate of drug-likeness (QED) is 0.743. The molecule has 2 aliphatic rings. The van der Waals surface area contributed by atoms with E-state index in [1.807, 2.05) is 0 Å². The van der Waals surface area contributed by atoms with Crippen molar-refractivity contribution in [3.63, 3.8) is 0 Å². The normalized spacial score (nSPS) is 30.9. The second-order valence-corrected chi connectivity index (χ2v) is 6.52. The van der Waals surface area contributed by atoms with E-state index in [0.29, 0.717) is 0 Å². The van der Waals surface area contributed by atoms with Gasteiger partial charge in [-0.25, -0.2) is 0 Å². The maximum Gasteiger partial charge on any atom is 0.00101 e. The summed E-state index contributed by atoms with van der Waals surface area (Å²) in [4.78, 5) is 2.51. The summed E-state index contributed by atoms with van der Waals surface area (Å²) in [6.07, 6.45) is 2.79. The van der Waals surface area contributed by atoms with Crippen LogP contribution in [0.15, 0.2) is 42.5 Å². The Labute approximate surface area is 115 Å². The second kappa shape index (κ2) is 4.35. The third kappa shape index (κ3) is 1.97. The van der Waals surface area contributed by atoms with E-state index in [9.17, 15) is 0 Å². The predicted octanol–water partition coefficient (Wildman–Crippen LogP) is 3.90. The van der Waals surface area contributed by atoms with Crippen LogP contribution in [0.5, 0.6) is 0 Å². The molecule has 2 unspecified atom stereocenters. The van der Waals surface area contributed by atoms with Crippen LogP contribution in [0.3, 0.4) is 0 Å². The van der Waals surface area contributed by atoms with Crippen LogP contribution >= 0.6 is 0 Å². The first kappa shape index (κ1) is 11.5. The molecule has 1 nitrogen and oxygen atoms in total. The van der Waals surface area contributed by atoms with Crippen LogP contribution in [0.4, 0.5) is 0 Å². The van der Waals surface area contributed by atoms with Gasteiger partial charge in [-0.2, -0.15) is 0 Å². The molecular formula is C18H21N. The van der Waals surface area contributed by atoms with Crippen molar-refractivity contribution in [3.8, 4) is 0 Å². The average molecular weight is 251 g/mol. The molecule has 2 aromatic rings. The summed E-state index contributed by atoms with van der Waals surface area (Å²) < 4.78 is 0. The molecular weight excluding hydrogens is 230 g/mol. The molecule has 0 radical (unpaired) electrons. The van der Waals surface area contributed by atoms with Gasteiger partial charge in [0.1, 0.15) is 0 Å². The molecule has 98 valence electrons. The fraction of sp³-hybridized carbons (Fsp3) is 0.444. The zero-order valence-electron chi connectivity index (χ0n) is 11.5. The minimum absolute atomic E-state index is 0.799.